The van der Waals surface area contributed by atoms with Crippen LogP contribution in [0.2, 0.25) is 0 Å². The number of pyridine rings is 1. The summed E-state index contributed by atoms with van der Waals surface area (Å²) in [5.74, 6) is 0. The Balaban J connectivity index is 1.69. The molecule has 0 amide bonds. The van der Waals surface area contributed by atoms with Crippen molar-refractivity contribution in [2.45, 2.75) is 0 Å². The predicted molar refractivity (Wildman–Crippen MR) is 108 cm³/mol. The minimum atomic E-state index is 0.433. The molecule has 27 heavy (non-hydrogen) atoms. The number of benzene rings is 3. The van der Waals surface area contributed by atoms with Crippen LogP contribution in [0.25, 0.3) is 11.3 Å². The number of hydrazine groups is 1. The maximum Gasteiger partial charge on any atom is 0.0937 e. The third-order valence-corrected chi connectivity index (χ3v) is 4.22. The molecule has 1 aromatic heterocycles. The van der Waals surface area contributed by atoms with E-state index in [0.29, 0.717) is 10.9 Å². The lowest BCUT2D eigenvalue weighted by molar-refractivity contribution is 0.437. The topological polar surface area (TPSA) is 19.4 Å². The molecule has 0 N–H and O–H groups in total. The van der Waals surface area contributed by atoms with Crippen LogP contribution in [0.3, 0.4) is 0 Å². The van der Waals surface area contributed by atoms with Crippen LogP contribution in [0.5, 0.6) is 0 Å². The predicted octanol–water partition coefficient (Wildman–Crippen LogP) is 6.19. The van der Waals surface area contributed by atoms with Gasteiger partial charge in [0.05, 0.1) is 22.8 Å². The molecule has 0 fully saturated rings. The fraction of sp³-hybridized carbons (Fsp3) is 0. The molecule has 132 valence electrons. The molecule has 4 aromatic rings. The minimum absolute atomic E-state index is 0.433. The van der Waals surface area contributed by atoms with Gasteiger partial charge in [-0.05, 0) is 48.5 Å². The van der Waals surface area contributed by atoms with Crippen molar-refractivity contribution in [3.05, 3.63) is 109 Å². The van der Waals surface area contributed by atoms with Crippen LogP contribution in [0.4, 0.5) is 21.5 Å². The Morgan fingerprint density at radius 2 is 1.11 bits per heavy atom. The summed E-state index contributed by atoms with van der Waals surface area (Å²) in [5, 5.41) is 2.20. The van der Waals surface area contributed by atoms with E-state index in [2.05, 4.69) is 4.98 Å². The van der Waals surface area contributed by atoms with Gasteiger partial charge in [-0.1, -0.05) is 59.1 Å². The first-order valence-corrected chi connectivity index (χ1v) is 8.70. The Labute approximate surface area is 157 Å². The van der Waals surface area contributed by atoms with Gasteiger partial charge < -0.3 is 0 Å². The molecule has 0 saturated carbocycles. The van der Waals surface area contributed by atoms with Crippen molar-refractivity contribution in [1.82, 2.24) is 4.98 Å². The Bertz CT molecular complexity index is 935. The molecule has 0 aliphatic rings. The normalized spacial score (nSPS) is 10.4. The molecule has 0 spiro atoms. The highest BCUT2D eigenvalue weighted by atomic mass is 19.2. The average molecular weight is 355 g/mol. The van der Waals surface area contributed by atoms with E-state index in [4.69, 9.17) is 0 Å². The Morgan fingerprint density at radius 3 is 1.63 bits per heavy atom. The second-order valence-corrected chi connectivity index (χ2v) is 6.00. The quantitative estimate of drug-likeness (QED) is 0.314. The number of hydrogen-bond acceptors (Lipinski definition) is 3. The van der Waals surface area contributed by atoms with Crippen molar-refractivity contribution in [2.75, 3.05) is 10.2 Å². The molecule has 1 heterocycles. The van der Waals surface area contributed by atoms with Gasteiger partial charge in [0.2, 0.25) is 0 Å². The Morgan fingerprint density at radius 1 is 0.556 bits per heavy atom. The molecule has 0 aliphatic heterocycles. The number of rotatable bonds is 5. The van der Waals surface area contributed by atoms with Crippen molar-refractivity contribution in [2.24, 2.45) is 0 Å². The van der Waals surface area contributed by atoms with Crippen molar-refractivity contribution < 1.29 is 4.48 Å². The van der Waals surface area contributed by atoms with E-state index < -0.39 is 0 Å². The van der Waals surface area contributed by atoms with Crippen LogP contribution in [0.15, 0.2) is 109 Å². The van der Waals surface area contributed by atoms with E-state index in [1.807, 2.05) is 91.0 Å². The van der Waals surface area contributed by atoms with Gasteiger partial charge in [-0.2, -0.15) is 0 Å². The van der Waals surface area contributed by atoms with E-state index >= 15 is 4.48 Å². The molecule has 4 heteroatoms. The number of nitrogens with zero attached hydrogens (tertiary/aromatic N) is 3. The van der Waals surface area contributed by atoms with Gasteiger partial charge in [-0.25, -0.2) is 5.01 Å². The first-order chi connectivity index (χ1) is 13.3. The van der Waals surface area contributed by atoms with Gasteiger partial charge in [-0.15, -0.1) is 5.23 Å². The lowest BCUT2D eigenvalue weighted by Gasteiger charge is -2.30. The molecule has 0 radical (unpaired) electrons. The monoisotopic (exact) mass is 355 g/mol. The summed E-state index contributed by atoms with van der Waals surface area (Å²) in [4.78, 5) is 4.34. The minimum Gasteiger partial charge on any atom is -0.256 e. The zero-order chi connectivity index (χ0) is 18.5. The number of aromatic nitrogens is 1. The number of halogens is 1. The van der Waals surface area contributed by atoms with E-state index in [9.17, 15) is 0 Å². The number of para-hydroxylation sites is 2. The van der Waals surface area contributed by atoms with Gasteiger partial charge in [0.1, 0.15) is 0 Å². The standard InChI is InChI=1S/C23H18FN3/c24-27(22-16-14-19(15-17-22)23-13-7-8-18-25-23)26(20-9-3-1-4-10-20)21-11-5-2-6-12-21/h1-18H. The molecule has 0 bridgehead atoms. The lowest BCUT2D eigenvalue weighted by atomic mass is 10.1. The Kier molecular flexibility index (Phi) is 4.79. The third-order valence-electron chi connectivity index (χ3n) is 4.22. The van der Waals surface area contributed by atoms with Crippen LogP contribution in [-0.4, -0.2) is 4.98 Å². The molecular formula is C23H18FN3. The van der Waals surface area contributed by atoms with Crippen LogP contribution >= 0.6 is 0 Å². The van der Waals surface area contributed by atoms with E-state index in [0.717, 1.165) is 22.6 Å². The highest BCUT2D eigenvalue weighted by molar-refractivity contribution is 5.70. The zero-order valence-corrected chi connectivity index (χ0v) is 14.6. The summed E-state index contributed by atoms with van der Waals surface area (Å²) < 4.78 is 15.4. The fourth-order valence-corrected chi connectivity index (χ4v) is 2.89. The van der Waals surface area contributed by atoms with Crippen LogP contribution < -0.4 is 10.2 Å². The molecule has 0 aliphatic carbocycles. The first-order valence-electron chi connectivity index (χ1n) is 8.70. The van der Waals surface area contributed by atoms with Crippen LogP contribution in [-0.2, 0) is 0 Å². The average Bonchev–Trinajstić information content (AvgIpc) is 2.76. The van der Waals surface area contributed by atoms with Crippen molar-refractivity contribution >= 4 is 17.1 Å². The van der Waals surface area contributed by atoms with Gasteiger partial charge in [-0.3, -0.25) is 4.98 Å². The fourth-order valence-electron chi connectivity index (χ4n) is 2.89. The summed E-state index contributed by atoms with van der Waals surface area (Å²) in [6, 6.07) is 31.9. The van der Waals surface area contributed by atoms with Gasteiger partial charge in [0.15, 0.2) is 0 Å². The highest BCUT2D eigenvalue weighted by Crippen LogP contribution is 2.31. The van der Waals surface area contributed by atoms with Crippen LogP contribution in [0.1, 0.15) is 0 Å². The molecular weight excluding hydrogens is 337 g/mol. The molecule has 0 atom stereocenters. The second-order valence-electron chi connectivity index (χ2n) is 6.00. The van der Waals surface area contributed by atoms with Gasteiger partial charge in [0.25, 0.3) is 0 Å². The summed E-state index contributed by atoms with van der Waals surface area (Å²) in [6.07, 6.45) is 1.75. The van der Waals surface area contributed by atoms with Crippen LogP contribution in [0, 0.1) is 0 Å². The van der Waals surface area contributed by atoms with E-state index in [-0.39, 0.29) is 0 Å². The number of hydrogen-bond donors (Lipinski definition) is 0. The first kappa shape index (κ1) is 16.8. The van der Waals surface area contributed by atoms with Crippen molar-refractivity contribution in [3.63, 3.8) is 0 Å². The Hall–Kier alpha value is -3.66. The van der Waals surface area contributed by atoms with Crippen molar-refractivity contribution in [3.8, 4) is 11.3 Å². The summed E-state index contributed by atoms with van der Waals surface area (Å²) in [7, 11) is 0. The SMILES string of the molecule is FN(c1ccc(-c2ccccn2)cc1)N(c1ccccc1)c1ccccc1. The highest BCUT2D eigenvalue weighted by Gasteiger charge is 2.19. The summed E-state index contributed by atoms with van der Waals surface area (Å²) in [5.41, 5.74) is 3.71. The smallest absolute Gasteiger partial charge is 0.0937 e. The maximum absolute atomic E-state index is 15.4. The summed E-state index contributed by atoms with van der Waals surface area (Å²) >= 11 is 0. The third kappa shape index (κ3) is 3.65. The van der Waals surface area contributed by atoms with E-state index in [1.54, 1.807) is 18.3 Å². The number of anilines is 3. The zero-order valence-electron chi connectivity index (χ0n) is 14.6. The maximum atomic E-state index is 15.4. The molecule has 0 saturated heterocycles. The van der Waals surface area contributed by atoms with Crippen molar-refractivity contribution in [1.29, 1.82) is 0 Å². The van der Waals surface area contributed by atoms with Gasteiger partial charge >= 0.3 is 0 Å². The summed E-state index contributed by atoms with van der Waals surface area (Å²) in [6.45, 7) is 0. The second kappa shape index (κ2) is 7.70. The van der Waals surface area contributed by atoms with E-state index in [1.165, 1.54) is 5.01 Å². The van der Waals surface area contributed by atoms with Gasteiger partial charge in [0, 0.05) is 11.8 Å². The lowest BCUT2D eigenvalue weighted by Crippen LogP contribution is -2.32. The molecule has 4 rings (SSSR count). The molecule has 3 nitrogen and oxygen atoms in total. The molecule has 0 unspecified atom stereocenters. The molecule has 3 aromatic carbocycles. The largest absolute Gasteiger partial charge is 0.256 e.